The van der Waals surface area contributed by atoms with Gasteiger partial charge in [-0.25, -0.2) is 0 Å². The number of ether oxygens (including phenoxy) is 2. The van der Waals surface area contributed by atoms with Crippen LogP contribution in [0, 0.1) is 11.3 Å². The fourth-order valence-electron chi connectivity index (χ4n) is 5.17. The van der Waals surface area contributed by atoms with Crippen molar-refractivity contribution in [3.05, 3.63) is 22.8 Å². The molecule has 0 radical (unpaired) electrons. The molecule has 0 aromatic carbocycles. The van der Waals surface area contributed by atoms with Crippen LogP contribution in [-0.2, 0) is 9.47 Å². The van der Waals surface area contributed by atoms with Crippen LogP contribution in [0.25, 0.3) is 0 Å². The summed E-state index contributed by atoms with van der Waals surface area (Å²) in [4.78, 5) is 0. The molecule has 4 bridgehead atoms. The molecular formula is C20H30O4. The summed E-state index contributed by atoms with van der Waals surface area (Å²) in [7, 11) is 0. The van der Waals surface area contributed by atoms with E-state index in [0.29, 0.717) is 24.5 Å². The van der Waals surface area contributed by atoms with Gasteiger partial charge in [-0.3, -0.25) is 0 Å². The van der Waals surface area contributed by atoms with Gasteiger partial charge in [-0.2, -0.15) is 0 Å². The van der Waals surface area contributed by atoms with Crippen LogP contribution < -0.4 is 0 Å². The van der Waals surface area contributed by atoms with Crippen molar-refractivity contribution >= 4 is 0 Å². The third-order valence-electron chi connectivity index (χ3n) is 7.25. The number of fused-ring (bicyclic) bond motifs is 2. The van der Waals surface area contributed by atoms with Gasteiger partial charge in [0, 0.05) is 5.57 Å². The minimum absolute atomic E-state index is 0.0430. The molecule has 2 aliphatic carbocycles. The molecule has 1 saturated heterocycles. The lowest BCUT2D eigenvalue weighted by atomic mass is 9.61. The zero-order valence-corrected chi connectivity index (χ0v) is 15.3. The summed E-state index contributed by atoms with van der Waals surface area (Å²) in [6.45, 7) is 9.15. The normalized spacial score (nSPS) is 53.6. The molecule has 2 N–H and O–H groups in total. The van der Waals surface area contributed by atoms with Gasteiger partial charge >= 0.3 is 0 Å². The fraction of sp³-hybridized carbons (Fsp3) is 0.800. The van der Waals surface area contributed by atoms with Crippen molar-refractivity contribution in [2.75, 3.05) is 6.61 Å². The summed E-state index contributed by atoms with van der Waals surface area (Å²) in [6.07, 6.45) is 5.88. The Balaban J connectivity index is 1.82. The first-order valence-electron chi connectivity index (χ1n) is 9.32. The first-order chi connectivity index (χ1) is 11.2. The van der Waals surface area contributed by atoms with Crippen LogP contribution in [0.3, 0.4) is 0 Å². The van der Waals surface area contributed by atoms with Crippen molar-refractivity contribution in [2.24, 2.45) is 11.3 Å². The van der Waals surface area contributed by atoms with Crippen molar-refractivity contribution in [3.8, 4) is 0 Å². The van der Waals surface area contributed by atoms with Crippen LogP contribution in [0.2, 0.25) is 0 Å². The smallest absolute Gasteiger partial charge is 0.221 e. The van der Waals surface area contributed by atoms with E-state index in [0.717, 1.165) is 31.3 Å². The number of hydrogen-bond acceptors (Lipinski definition) is 4. The van der Waals surface area contributed by atoms with Gasteiger partial charge in [-0.05, 0) is 62.9 Å². The maximum absolute atomic E-state index is 11.3. The molecule has 134 valence electrons. The Hall–Kier alpha value is -0.680. The minimum Gasteiger partial charge on any atom is -0.389 e. The standard InChI is InChI=1S/C20H30O4/c1-12-6-5-8-19(4)17(24-19)20(22)16-14(11-23-20)18(3,9-7-12)13(2)10-15(16)21/h6,13,15,17,21-22H,5,7-11H2,1-4H3/b12-6-/t13-,15+,17+,18+,19-,20-/m0/s1. The molecule has 0 spiro atoms. The lowest BCUT2D eigenvalue weighted by molar-refractivity contribution is -0.175. The van der Waals surface area contributed by atoms with E-state index in [2.05, 4.69) is 26.8 Å². The summed E-state index contributed by atoms with van der Waals surface area (Å²) in [5.74, 6) is -1.09. The average Bonchev–Trinajstić information content (AvgIpc) is 3.05. The van der Waals surface area contributed by atoms with Gasteiger partial charge in [-0.15, -0.1) is 0 Å². The number of hydrogen-bond donors (Lipinski definition) is 2. The Morgan fingerprint density at radius 1 is 1.25 bits per heavy atom. The summed E-state index contributed by atoms with van der Waals surface area (Å²) < 4.78 is 11.9. The molecule has 0 unspecified atom stereocenters. The van der Waals surface area contributed by atoms with Crippen molar-refractivity contribution in [1.29, 1.82) is 0 Å². The topological polar surface area (TPSA) is 62.2 Å². The second kappa shape index (κ2) is 5.16. The molecule has 2 aliphatic heterocycles. The summed E-state index contributed by atoms with van der Waals surface area (Å²) in [5, 5.41) is 22.1. The van der Waals surface area contributed by atoms with E-state index in [1.54, 1.807) is 0 Å². The Bertz CT molecular complexity index is 623. The van der Waals surface area contributed by atoms with Crippen LogP contribution in [0.15, 0.2) is 22.8 Å². The van der Waals surface area contributed by atoms with E-state index in [1.807, 2.05) is 6.92 Å². The zero-order valence-electron chi connectivity index (χ0n) is 15.3. The van der Waals surface area contributed by atoms with E-state index < -0.39 is 11.9 Å². The van der Waals surface area contributed by atoms with Gasteiger partial charge in [0.05, 0.1) is 18.3 Å². The maximum atomic E-state index is 11.3. The van der Waals surface area contributed by atoms with Crippen LogP contribution in [-0.4, -0.2) is 40.4 Å². The molecule has 4 heteroatoms. The molecule has 4 nitrogen and oxygen atoms in total. The molecule has 0 saturated carbocycles. The molecule has 0 aromatic heterocycles. The summed E-state index contributed by atoms with van der Waals surface area (Å²) in [5.41, 5.74) is 2.83. The summed E-state index contributed by atoms with van der Waals surface area (Å²) >= 11 is 0. The maximum Gasteiger partial charge on any atom is 0.221 e. The second-order valence-corrected chi connectivity index (χ2v) is 8.85. The highest BCUT2D eigenvalue weighted by Gasteiger charge is 2.68. The van der Waals surface area contributed by atoms with E-state index >= 15 is 0 Å². The third-order valence-corrected chi connectivity index (χ3v) is 7.25. The Morgan fingerprint density at radius 3 is 2.75 bits per heavy atom. The quantitative estimate of drug-likeness (QED) is 0.528. The zero-order chi connectivity index (χ0) is 17.3. The van der Waals surface area contributed by atoms with Gasteiger partial charge in [-0.1, -0.05) is 25.5 Å². The highest BCUT2D eigenvalue weighted by molar-refractivity contribution is 5.41. The van der Waals surface area contributed by atoms with E-state index in [9.17, 15) is 10.2 Å². The largest absolute Gasteiger partial charge is 0.389 e. The lowest BCUT2D eigenvalue weighted by Crippen LogP contribution is -2.47. The highest BCUT2D eigenvalue weighted by Crippen LogP contribution is 2.59. The Morgan fingerprint density at radius 2 is 2.00 bits per heavy atom. The van der Waals surface area contributed by atoms with E-state index in [4.69, 9.17) is 9.47 Å². The van der Waals surface area contributed by atoms with Gasteiger partial charge in [0.2, 0.25) is 5.79 Å². The monoisotopic (exact) mass is 334 g/mol. The lowest BCUT2D eigenvalue weighted by Gasteiger charge is -2.44. The van der Waals surface area contributed by atoms with Gasteiger partial charge in [0.15, 0.2) is 0 Å². The van der Waals surface area contributed by atoms with Gasteiger partial charge in [0.1, 0.15) is 6.10 Å². The van der Waals surface area contributed by atoms with Crippen molar-refractivity contribution < 1.29 is 19.7 Å². The molecule has 4 aliphatic rings. The molecule has 0 aromatic rings. The van der Waals surface area contributed by atoms with Crippen molar-refractivity contribution in [2.45, 2.75) is 83.4 Å². The summed E-state index contributed by atoms with van der Waals surface area (Å²) in [6, 6.07) is 0. The number of aliphatic hydroxyl groups excluding tert-OH is 1. The molecule has 0 amide bonds. The molecule has 2 heterocycles. The number of allylic oxidation sites excluding steroid dienone is 2. The Kier molecular flexibility index (Phi) is 3.61. The minimum atomic E-state index is -1.46. The van der Waals surface area contributed by atoms with Crippen molar-refractivity contribution in [1.82, 2.24) is 0 Å². The molecule has 24 heavy (non-hydrogen) atoms. The first kappa shape index (κ1) is 16.8. The number of epoxide rings is 1. The predicted molar refractivity (Wildman–Crippen MR) is 91.3 cm³/mol. The van der Waals surface area contributed by atoms with Crippen LogP contribution in [0.1, 0.15) is 59.8 Å². The third kappa shape index (κ3) is 2.20. The first-order valence-corrected chi connectivity index (χ1v) is 9.32. The second-order valence-electron chi connectivity index (χ2n) is 8.85. The molecule has 1 fully saturated rings. The fourth-order valence-corrected chi connectivity index (χ4v) is 5.17. The number of rotatable bonds is 0. The van der Waals surface area contributed by atoms with E-state index in [-0.39, 0.29) is 17.1 Å². The Labute approximate surface area is 144 Å². The molecule has 6 atom stereocenters. The number of aliphatic hydroxyl groups is 2. The van der Waals surface area contributed by atoms with Crippen LogP contribution in [0.4, 0.5) is 0 Å². The average molecular weight is 334 g/mol. The van der Waals surface area contributed by atoms with E-state index in [1.165, 1.54) is 5.57 Å². The van der Waals surface area contributed by atoms with Gasteiger partial charge in [0.25, 0.3) is 0 Å². The SMILES string of the molecule is C/C1=C/CC[C@]2(C)O[C@H]2[C@@]2(O)OCC3=C2[C@H](O)C[C@H](C)[C@@]3(C)CC1. The van der Waals surface area contributed by atoms with Crippen LogP contribution in [0.5, 0.6) is 0 Å². The molecular weight excluding hydrogens is 304 g/mol. The predicted octanol–water partition coefficient (Wildman–Crippen LogP) is 3.09. The molecule has 4 rings (SSSR count). The van der Waals surface area contributed by atoms with Gasteiger partial charge < -0.3 is 19.7 Å². The highest BCUT2D eigenvalue weighted by atomic mass is 16.7. The van der Waals surface area contributed by atoms with Crippen LogP contribution >= 0.6 is 0 Å². The van der Waals surface area contributed by atoms with Crippen molar-refractivity contribution in [3.63, 3.8) is 0 Å².